The van der Waals surface area contributed by atoms with Gasteiger partial charge in [0, 0.05) is 28.7 Å². The Morgan fingerprint density at radius 3 is 2.53 bits per heavy atom. The van der Waals surface area contributed by atoms with Gasteiger partial charge in [-0.15, -0.1) is 0 Å². The van der Waals surface area contributed by atoms with Crippen LogP contribution >= 0.6 is 0 Å². The first-order chi connectivity index (χ1) is 16.3. The molecule has 3 heterocycles. The van der Waals surface area contributed by atoms with Gasteiger partial charge in [0.25, 0.3) is 5.56 Å². The van der Waals surface area contributed by atoms with Crippen molar-refractivity contribution in [2.45, 2.75) is 56.2 Å². The van der Waals surface area contributed by atoms with Crippen molar-refractivity contribution >= 4 is 27.6 Å². The predicted octanol–water partition coefficient (Wildman–Crippen LogP) is 3.60. The normalized spacial score (nSPS) is 29.5. The van der Waals surface area contributed by atoms with E-state index in [-0.39, 0.29) is 17.1 Å². The number of nitrogens with zero attached hydrogens (tertiary/aromatic N) is 4. The van der Waals surface area contributed by atoms with E-state index in [2.05, 4.69) is 14.5 Å². The first kappa shape index (κ1) is 20.0. The Labute approximate surface area is 196 Å². The van der Waals surface area contributed by atoms with E-state index >= 15 is 0 Å². The largest absolute Gasteiger partial charge is 0.495 e. The summed E-state index contributed by atoms with van der Waals surface area (Å²) < 4.78 is 9.69. The summed E-state index contributed by atoms with van der Waals surface area (Å²) in [6.45, 7) is 1.85. The van der Waals surface area contributed by atoms with E-state index in [1.54, 1.807) is 7.11 Å². The van der Waals surface area contributed by atoms with Crippen LogP contribution in [0.15, 0.2) is 41.7 Å². The third-order valence-electron chi connectivity index (χ3n) is 8.41. The Morgan fingerprint density at radius 2 is 1.88 bits per heavy atom. The molecule has 2 bridgehead atoms. The SMILES string of the molecule is COc1cn(C23CC(C2)C3)c(=O)c2cc(-c3cn(C4CC(C)(O)C4)c4ncnc(N)c34)ccc12. The molecule has 8 rings (SSSR count). The molecule has 4 aromatic rings. The van der Waals surface area contributed by atoms with Crippen LogP contribution in [-0.2, 0) is 5.54 Å². The smallest absolute Gasteiger partial charge is 0.259 e. The lowest BCUT2D eigenvalue weighted by Crippen LogP contribution is -2.61. The molecule has 0 aliphatic heterocycles. The zero-order chi connectivity index (χ0) is 23.4. The summed E-state index contributed by atoms with van der Waals surface area (Å²) in [6.07, 6.45) is 9.94. The van der Waals surface area contributed by atoms with E-state index in [1.807, 2.05) is 42.1 Å². The van der Waals surface area contributed by atoms with E-state index in [1.165, 1.54) is 6.33 Å². The van der Waals surface area contributed by atoms with Crippen LogP contribution in [0.3, 0.4) is 0 Å². The number of anilines is 1. The van der Waals surface area contributed by atoms with Gasteiger partial charge in [-0.25, -0.2) is 9.97 Å². The van der Waals surface area contributed by atoms with E-state index in [9.17, 15) is 9.90 Å². The molecular weight excluding hydrogens is 430 g/mol. The lowest BCUT2D eigenvalue weighted by molar-refractivity contribution is -0.0913. The predicted molar refractivity (Wildman–Crippen MR) is 130 cm³/mol. The summed E-state index contributed by atoms with van der Waals surface area (Å²) in [4.78, 5) is 22.4. The number of nitrogen functional groups attached to an aromatic ring is 1. The van der Waals surface area contributed by atoms with Crippen LogP contribution in [0.5, 0.6) is 5.75 Å². The maximum absolute atomic E-state index is 13.6. The average molecular weight is 458 g/mol. The summed E-state index contributed by atoms with van der Waals surface area (Å²) >= 11 is 0. The monoisotopic (exact) mass is 457 g/mol. The molecule has 4 saturated carbocycles. The molecule has 4 aliphatic rings. The molecule has 0 radical (unpaired) electrons. The van der Waals surface area contributed by atoms with Gasteiger partial charge in [-0.2, -0.15) is 0 Å². The number of hydrogen-bond donors (Lipinski definition) is 2. The zero-order valence-corrected chi connectivity index (χ0v) is 19.3. The number of aromatic nitrogens is 4. The number of pyridine rings is 1. The first-order valence-corrected chi connectivity index (χ1v) is 11.9. The highest BCUT2D eigenvalue weighted by Crippen LogP contribution is 2.62. The highest BCUT2D eigenvalue weighted by Gasteiger charge is 2.58. The van der Waals surface area contributed by atoms with Gasteiger partial charge in [-0.3, -0.25) is 4.79 Å². The van der Waals surface area contributed by atoms with E-state index < -0.39 is 5.60 Å². The fraction of sp³-hybridized carbons (Fsp3) is 0.423. The fourth-order valence-electron chi connectivity index (χ4n) is 6.48. The molecule has 3 aromatic heterocycles. The molecule has 0 unspecified atom stereocenters. The van der Waals surface area contributed by atoms with Gasteiger partial charge < -0.3 is 24.7 Å². The third kappa shape index (κ3) is 2.54. The Kier molecular flexibility index (Phi) is 3.76. The number of benzene rings is 1. The minimum atomic E-state index is -0.661. The van der Waals surface area contributed by atoms with Crippen molar-refractivity contribution in [1.29, 1.82) is 0 Å². The standard InChI is InChI=1S/C26H27N5O3/c1-25(33)9-16(10-25)30-11-19(21-22(27)28-13-29-23(21)30)15-3-4-17-18(5-15)24(32)31(12-20(17)34-2)26-6-14(7-26)8-26/h3-5,11-14,16,33H,6-10H2,1-2H3,(H2,27,28,29). The molecule has 34 heavy (non-hydrogen) atoms. The van der Waals surface area contributed by atoms with Gasteiger partial charge in [0.05, 0.1) is 29.7 Å². The molecule has 0 atom stereocenters. The van der Waals surface area contributed by atoms with E-state index in [0.29, 0.717) is 29.8 Å². The average Bonchev–Trinajstić information content (AvgIpc) is 3.12. The molecule has 0 saturated heterocycles. The van der Waals surface area contributed by atoms with E-state index in [0.717, 1.165) is 52.7 Å². The van der Waals surface area contributed by atoms with Crippen LogP contribution in [0.25, 0.3) is 32.9 Å². The van der Waals surface area contributed by atoms with Gasteiger partial charge in [0.15, 0.2) is 0 Å². The van der Waals surface area contributed by atoms with Gasteiger partial charge in [0.2, 0.25) is 0 Å². The van der Waals surface area contributed by atoms with Crippen LogP contribution in [0.4, 0.5) is 5.82 Å². The topological polar surface area (TPSA) is 108 Å². The van der Waals surface area contributed by atoms with Crippen LogP contribution in [-0.4, -0.2) is 36.9 Å². The highest BCUT2D eigenvalue weighted by atomic mass is 16.5. The number of aliphatic hydroxyl groups is 1. The molecule has 1 aromatic carbocycles. The second-order valence-electron chi connectivity index (χ2n) is 10.8. The van der Waals surface area contributed by atoms with Crippen LogP contribution < -0.4 is 16.0 Å². The number of methoxy groups -OCH3 is 1. The number of fused-ring (bicyclic) bond motifs is 2. The minimum absolute atomic E-state index is 0.0267. The molecule has 0 spiro atoms. The van der Waals surface area contributed by atoms with Crippen molar-refractivity contribution in [3.05, 3.63) is 47.3 Å². The van der Waals surface area contributed by atoms with Gasteiger partial charge in [0.1, 0.15) is 23.5 Å². The molecule has 4 fully saturated rings. The Hall–Kier alpha value is -3.39. The van der Waals surface area contributed by atoms with Gasteiger partial charge >= 0.3 is 0 Å². The van der Waals surface area contributed by atoms with Crippen molar-refractivity contribution in [2.75, 3.05) is 12.8 Å². The molecular formula is C26H27N5O3. The number of hydrogen-bond acceptors (Lipinski definition) is 6. The fourth-order valence-corrected chi connectivity index (χ4v) is 6.48. The van der Waals surface area contributed by atoms with Crippen molar-refractivity contribution in [1.82, 2.24) is 19.1 Å². The molecule has 4 aliphatic carbocycles. The van der Waals surface area contributed by atoms with Gasteiger partial charge in [-0.05, 0) is 62.6 Å². The lowest BCUT2D eigenvalue weighted by Gasteiger charge is -2.62. The maximum atomic E-state index is 13.6. The number of rotatable bonds is 4. The van der Waals surface area contributed by atoms with Crippen molar-refractivity contribution < 1.29 is 9.84 Å². The maximum Gasteiger partial charge on any atom is 0.259 e. The Balaban J connectivity index is 1.43. The van der Waals surface area contributed by atoms with Crippen molar-refractivity contribution in [3.63, 3.8) is 0 Å². The Morgan fingerprint density at radius 1 is 1.12 bits per heavy atom. The molecule has 0 amide bonds. The zero-order valence-electron chi connectivity index (χ0n) is 19.3. The number of ether oxygens (including phenoxy) is 1. The number of nitrogens with two attached hydrogens (primary N) is 1. The second-order valence-corrected chi connectivity index (χ2v) is 10.8. The van der Waals surface area contributed by atoms with Crippen LogP contribution in [0, 0.1) is 5.92 Å². The highest BCUT2D eigenvalue weighted by molar-refractivity contribution is 6.02. The summed E-state index contributed by atoms with van der Waals surface area (Å²) in [6, 6.07) is 6.04. The minimum Gasteiger partial charge on any atom is -0.495 e. The molecule has 174 valence electrons. The van der Waals surface area contributed by atoms with Crippen molar-refractivity contribution in [3.8, 4) is 16.9 Å². The molecule has 3 N–H and O–H groups in total. The summed E-state index contributed by atoms with van der Waals surface area (Å²) in [5.74, 6) is 1.89. The second kappa shape index (κ2) is 6.39. The first-order valence-electron chi connectivity index (χ1n) is 11.9. The quantitative estimate of drug-likeness (QED) is 0.485. The van der Waals surface area contributed by atoms with Gasteiger partial charge in [-0.1, -0.05) is 6.07 Å². The third-order valence-corrected chi connectivity index (χ3v) is 8.41. The Bertz CT molecular complexity index is 1540. The van der Waals surface area contributed by atoms with Crippen LogP contribution in [0.2, 0.25) is 0 Å². The molecule has 8 nitrogen and oxygen atoms in total. The lowest BCUT2D eigenvalue weighted by atomic mass is 9.49. The summed E-state index contributed by atoms with van der Waals surface area (Å²) in [5.41, 5.74) is 8.18. The summed E-state index contributed by atoms with van der Waals surface area (Å²) in [7, 11) is 1.65. The summed E-state index contributed by atoms with van der Waals surface area (Å²) in [5, 5.41) is 12.5. The van der Waals surface area contributed by atoms with E-state index in [4.69, 9.17) is 10.5 Å². The van der Waals surface area contributed by atoms with Crippen molar-refractivity contribution in [2.24, 2.45) is 5.92 Å². The van der Waals surface area contributed by atoms with Crippen LogP contribution in [0.1, 0.15) is 45.1 Å². The molecule has 8 heteroatoms.